The first-order chi connectivity index (χ1) is 16.1. The van der Waals surface area contributed by atoms with Gasteiger partial charge in [-0.3, -0.25) is 9.59 Å². The minimum atomic E-state index is -1.06. The van der Waals surface area contributed by atoms with Crippen LogP contribution in [0, 0.1) is 0 Å². The maximum atomic E-state index is 11.0. The number of carbonyl (C=O) groups is 5. The van der Waals surface area contributed by atoms with E-state index in [2.05, 4.69) is 10.1 Å². The van der Waals surface area contributed by atoms with Gasteiger partial charge in [-0.15, -0.1) is 0 Å². The average Bonchev–Trinajstić information content (AvgIpc) is 2.59. The van der Waals surface area contributed by atoms with Crippen LogP contribution >= 0.6 is 0 Å². The number of carboxylic acid groups (broad SMARTS) is 2. The maximum Gasteiger partial charge on any atom is 0.519 e. The lowest BCUT2D eigenvalue weighted by molar-refractivity contribution is -0.138. The minimum absolute atomic E-state index is 0.0514. The molecule has 0 aromatic rings. The highest BCUT2D eigenvalue weighted by Gasteiger charge is 2.24. The summed E-state index contributed by atoms with van der Waals surface area (Å²) in [4.78, 5) is 52.9. The number of ether oxygens (including phenoxy) is 4. The van der Waals surface area contributed by atoms with E-state index in [0.717, 1.165) is 0 Å². The molecule has 5 N–H and O–H groups in total. The zero-order valence-corrected chi connectivity index (χ0v) is 22.9. The van der Waals surface area contributed by atoms with Gasteiger partial charge in [-0.2, -0.15) is 0 Å². The number of nitrogens with two attached hydrogens (primary N) is 1. The van der Waals surface area contributed by atoms with Gasteiger partial charge in [0.25, 0.3) is 0 Å². The Kier molecular flexibility index (Phi) is 19.0. The number of hydrogen-bond donors (Lipinski definition) is 4. The smallest absolute Gasteiger partial charge is 0.481 e. The summed E-state index contributed by atoms with van der Waals surface area (Å²) in [6.07, 6.45) is -1.40. The van der Waals surface area contributed by atoms with Crippen molar-refractivity contribution in [3.8, 4) is 0 Å². The van der Waals surface area contributed by atoms with Gasteiger partial charge < -0.3 is 40.2 Å². The van der Waals surface area contributed by atoms with Crippen molar-refractivity contribution in [2.24, 2.45) is 5.73 Å². The predicted molar refractivity (Wildman–Crippen MR) is 131 cm³/mol. The summed E-state index contributed by atoms with van der Waals surface area (Å²) in [5.41, 5.74) is 3.11. The second-order valence-electron chi connectivity index (χ2n) is 10.2. The molecule has 0 saturated carbocycles. The van der Waals surface area contributed by atoms with Gasteiger partial charge in [0, 0.05) is 19.4 Å². The van der Waals surface area contributed by atoms with Gasteiger partial charge in [-0.1, -0.05) is 0 Å². The Morgan fingerprint density at radius 2 is 1.03 bits per heavy atom. The Morgan fingerprint density at radius 3 is 1.31 bits per heavy atom. The molecule has 0 saturated heterocycles. The number of carboxylic acids is 2. The molecule has 36 heavy (non-hydrogen) atoms. The first kappa shape index (κ1) is 37.5. The van der Waals surface area contributed by atoms with E-state index < -0.39 is 47.1 Å². The molecule has 0 aliphatic carbocycles. The molecule has 0 heterocycles. The van der Waals surface area contributed by atoms with Crippen molar-refractivity contribution in [3.63, 3.8) is 0 Å². The van der Waals surface area contributed by atoms with E-state index in [0.29, 0.717) is 25.9 Å². The van der Waals surface area contributed by atoms with Crippen molar-refractivity contribution >= 4 is 30.3 Å². The predicted octanol–water partition coefficient (Wildman–Crippen LogP) is 4.06. The summed E-state index contributed by atoms with van der Waals surface area (Å²) in [5.74, 6) is -1.64. The number of alkyl carbamates (subject to hydrolysis) is 1. The van der Waals surface area contributed by atoms with Gasteiger partial charge >= 0.3 is 30.3 Å². The molecule has 212 valence electrons. The fourth-order valence-electron chi connectivity index (χ4n) is 1.61. The van der Waals surface area contributed by atoms with Crippen LogP contribution in [-0.2, 0) is 28.5 Å². The number of rotatable bonds is 7. The van der Waals surface area contributed by atoms with Gasteiger partial charge in [0.15, 0.2) is 0 Å². The van der Waals surface area contributed by atoms with E-state index in [4.69, 9.17) is 30.2 Å². The molecule has 0 aromatic carbocycles. The fourth-order valence-corrected chi connectivity index (χ4v) is 1.61. The molecule has 0 unspecified atom stereocenters. The second kappa shape index (κ2) is 18.2. The van der Waals surface area contributed by atoms with Crippen LogP contribution in [0.25, 0.3) is 0 Å². The Hall–Kier alpha value is -3.09. The van der Waals surface area contributed by atoms with E-state index in [-0.39, 0.29) is 12.8 Å². The second-order valence-corrected chi connectivity index (χ2v) is 10.2. The number of nitrogens with one attached hydrogen (secondary N) is 1. The quantitative estimate of drug-likeness (QED) is 0.161. The third-order valence-corrected chi connectivity index (χ3v) is 2.78. The van der Waals surface area contributed by atoms with E-state index >= 15 is 0 Å². The molecule has 0 bridgehead atoms. The van der Waals surface area contributed by atoms with Gasteiger partial charge in [-0.05, 0) is 81.7 Å². The normalized spacial score (nSPS) is 10.8. The summed E-state index contributed by atoms with van der Waals surface area (Å²) < 4.78 is 18.7. The lowest BCUT2D eigenvalue weighted by atomic mass is 10.2. The third kappa shape index (κ3) is 38.2. The van der Waals surface area contributed by atoms with E-state index in [1.807, 2.05) is 0 Å². The van der Waals surface area contributed by atoms with Crippen LogP contribution in [0.4, 0.5) is 14.4 Å². The SMILES string of the molecule is CC(C)(C)OC(=O)NCCCC(=O)O.CC(C)(C)OC(=O)OC(=O)OC(C)(C)C.NCCCC(=O)O. The molecule has 0 rings (SSSR count). The highest BCUT2D eigenvalue weighted by atomic mass is 16.8. The molecule has 0 aliphatic heterocycles. The summed E-state index contributed by atoms with van der Waals surface area (Å²) in [6, 6.07) is 0. The average molecular weight is 525 g/mol. The molecule has 0 atom stereocenters. The number of hydrogen-bond acceptors (Lipinski definition) is 10. The molecule has 0 aromatic heterocycles. The molecule has 0 fully saturated rings. The minimum Gasteiger partial charge on any atom is -0.481 e. The first-order valence-corrected chi connectivity index (χ1v) is 11.3. The van der Waals surface area contributed by atoms with Crippen LogP contribution in [0.3, 0.4) is 0 Å². The zero-order chi connectivity index (χ0) is 29.2. The summed E-state index contributed by atoms with van der Waals surface area (Å²) in [5, 5.41) is 18.8. The van der Waals surface area contributed by atoms with Crippen LogP contribution in [0.15, 0.2) is 0 Å². The van der Waals surface area contributed by atoms with Crippen LogP contribution in [-0.4, -0.2) is 70.4 Å². The third-order valence-electron chi connectivity index (χ3n) is 2.78. The Balaban J connectivity index is -0.000000483. The Morgan fingerprint density at radius 1 is 0.667 bits per heavy atom. The van der Waals surface area contributed by atoms with Gasteiger partial charge in [0.1, 0.15) is 16.8 Å². The topological polar surface area (TPSA) is 201 Å². The van der Waals surface area contributed by atoms with Crippen molar-refractivity contribution < 1.29 is 53.1 Å². The molecule has 13 nitrogen and oxygen atoms in total. The van der Waals surface area contributed by atoms with Crippen molar-refractivity contribution in [1.29, 1.82) is 0 Å². The maximum absolute atomic E-state index is 11.0. The van der Waals surface area contributed by atoms with Gasteiger partial charge in [0.05, 0.1) is 0 Å². The summed E-state index contributed by atoms with van der Waals surface area (Å²) in [6.45, 7) is 16.1. The van der Waals surface area contributed by atoms with Crippen molar-refractivity contribution in [2.45, 2.75) is 105 Å². The zero-order valence-electron chi connectivity index (χ0n) is 22.9. The summed E-state index contributed by atoms with van der Waals surface area (Å²) in [7, 11) is 0. The molecule has 0 spiro atoms. The largest absolute Gasteiger partial charge is 0.519 e. The highest BCUT2D eigenvalue weighted by Crippen LogP contribution is 2.11. The van der Waals surface area contributed by atoms with Crippen LogP contribution in [0.2, 0.25) is 0 Å². The van der Waals surface area contributed by atoms with E-state index in [1.54, 1.807) is 62.3 Å². The fraction of sp³-hybridized carbons (Fsp3) is 0.783. The van der Waals surface area contributed by atoms with E-state index in [1.165, 1.54) is 0 Å². The number of aliphatic carboxylic acids is 2. The van der Waals surface area contributed by atoms with Crippen LogP contribution in [0.5, 0.6) is 0 Å². The van der Waals surface area contributed by atoms with Crippen LogP contribution < -0.4 is 11.1 Å². The molecule has 13 heteroatoms. The van der Waals surface area contributed by atoms with Crippen molar-refractivity contribution in [2.75, 3.05) is 13.1 Å². The van der Waals surface area contributed by atoms with Crippen molar-refractivity contribution in [1.82, 2.24) is 5.32 Å². The molecule has 0 radical (unpaired) electrons. The number of amides is 1. The molecule has 0 aliphatic rings. The van der Waals surface area contributed by atoms with E-state index in [9.17, 15) is 24.0 Å². The Bertz CT molecular complexity index is 662. The standard InChI is InChI=1S/C10H18O5.C9H17NO4.C4H9NO2/c1-9(2,3)14-7(11)13-8(12)15-10(4,5)6;1-9(2,3)14-8(13)10-6-4-5-7(11)12;5-3-1-2-4(6)7/h1-6H3;4-6H2,1-3H3,(H,10,13)(H,11,12);1-3,5H2,(H,6,7). The highest BCUT2D eigenvalue weighted by molar-refractivity contribution is 5.77. The monoisotopic (exact) mass is 524 g/mol. The molecule has 1 amide bonds. The first-order valence-electron chi connectivity index (χ1n) is 11.3. The molecular weight excluding hydrogens is 480 g/mol. The number of carbonyl (C=O) groups excluding carboxylic acids is 3. The lowest BCUT2D eigenvalue weighted by Crippen LogP contribution is -2.33. The summed E-state index contributed by atoms with van der Waals surface area (Å²) >= 11 is 0. The molecular formula is C23H44N2O11. The van der Waals surface area contributed by atoms with Gasteiger partial charge in [-0.25, -0.2) is 14.4 Å². The van der Waals surface area contributed by atoms with Gasteiger partial charge in [0.2, 0.25) is 0 Å². The van der Waals surface area contributed by atoms with Crippen LogP contribution in [0.1, 0.15) is 88.0 Å². The lowest BCUT2D eigenvalue weighted by Gasteiger charge is -2.20. The van der Waals surface area contributed by atoms with Crippen molar-refractivity contribution in [3.05, 3.63) is 0 Å². The Labute approximate surface area is 213 Å².